The summed E-state index contributed by atoms with van der Waals surface area (Å²) in [5.74, 6) is -1.59. The average Bonchev–Trinajstić information content (AvgIpc) is 3.29. The van der Waals surface area contributed by atoms with Gasteiger partial charge in [-0.05, 0) is 24.6 Å². The Labute approximate surface area is 170 Å². The normalized spacial score (nSPS) is 18.0. The van der Waals surface area contributed by atoms with Crippen molar-refractivity contribution in [1.29, 1.82) is 0 Å². The lowest BCUT2D eigenvalue weighted by molar-refractivity contribution is -0.384. The van der Waals surface area contributed by atoms with Gasteiger partial charge in [-0.1, -0.05) is 35.5 Å². The molecule has 4 rings (SSSR count). The highest BCUT2D eigenvalue weighted by molar-refractivity contribution is 6.51. The number of Topliss-reactive ketones (excluding diaryl/α,β-unsaturated/α-hetero) is 1. The fourth-order valence-corrected chi connectivity index (χ4v) is 3.38. The minimum atomic E-state index is -1.03. The zero-order valence-electron chi connectivity index (χ0n) is 15.7. The molecule has 1 amide bonds. The van der Waals surface area contributed by atoms with E-state index in [1.165, 1.54) is 30.3 Å². The highest BCUT2D eigenvalue weighted by Gasteiger charge is 2.48. The number of benzene rings is 2. The van der Waals surface area contributed by atoms with Crippen LogP contribution < -0.4 is 4.90 Å². The topological polar surface area (TPSA) is 127 Å². The summed E-state index contributed by atoms with van der Waals surface area (Å²) in [5.41, 5.74) is 0.480. The predicted molar refractivity (Wildman–Crippen MR) is 106 cm³/mol. The number of aliphatic hydroxyl groups excluding tert-OH is 1. The number of ketones is 1. The Morgan fingerprint density at radius 2 is 1.80 bits per heavy atom. The number of amides is 1. The van der Waals surface area contributed by atoms with Crippen LogP contribution in [0.15, 0.2) is 70.8 Å². The van der Waals surface area contributed by atoms with Crippen molar-refractivity contribution in [2.24, 2.45) is 0 Å². The summed E-state index contributed by atoms with van der Waals surface area (Å²) in [6.07, 6.45) is 0. The largest absolute Gasteiger partial charge is 0.507 e. The van der Waals surface area contributed by atoms with E-state index in [4.69, 9.17) is 4.52 Å². The molecule has 0 spiro atoms. The third-order valence-electron chi connectivity index (χ3n) is 4.77. The van der Waals surface area contributed by atoms with E-state index >= 15 is 0 Å². The Bertz CT molecular complexity index is 1180. The molecular weight excluding hydrogens is 390 g/mol. The van der Waals surface area contributed by atoms with Gasteiger partial charge in [0.2, 0.25) is 0 Å². The minimum Gasteiger partial charge on any atom is -0.507 e. The summed E-state index contributed by atoms with van der Waals surface area (Å²) in [6.45, 7) is 1.64. The molecule has 0 saturated carbocycles. The van der Waals surface area contributed by atoms with Crippen molar-refractivity contribution in [2.75, 3.05) is 4.90 Å². The maximum Gasteiger partial charge on any atom is 0.301 e. The lowest BCUT2D eigenvalue weighted by Gasteiger charge is -2.22. The molecule has 2 aromatic carbocycles. The number of aryl methyl sites for hydroxylation is 1. The van der Waals surface area contributed by atoms with Gasteiger partial charge in [-0.3, -0.25) is 24.6 Å². The number of nitrogens with zero attached hydrogens (tertiary/aromatic N) is 3. The molecule has 0 bridgehead atoms. The van der Waals surface area contributed by atoms with E-state index in [0.29, 0.717) is 16.9 Å². The number of nitro benzene ring substituents is 1. The molecule has 150 valence electrons. The zero-order valence-corrected chi connectivity index (χ0v) is 15.7. The molecule has 1 aliphatic rings. The van der Waals surface area contributed by atoms with Crippen LogP contribution in [0, 0.1) is 17.0 Å². The SMILES string of the molecule is Cc1cc(N2C(=O)C(=O)C(=C(O)c3ccccc3)[C@H]2c2ccc([N+](=O)[O-])cc2)no1. The Kier molecular flexibility index (Phi) is 4.63. The first-order valence-corrected chi connectivity index (χ1v) is 8.92. The van der Waals surface area contributed by atoms with Crippen LogP contribution in [0.25, 0.3) is 5.76 Å². The number of nitro groups is 1. The number of non-ortho nitro benzene ring substituents is 1. The number of hydrogen-bond donors (Lipinski definition) is 1. The highest BCUT2D eigenvalue weighted by Crippen LogP contribution is 2.42. The number of aromatic nitrogens is 1. The molecule has 30 heavy (non-hydrogen) atoms. The second kappa shape index (κ2) is 7.28. The molecule has 1 aromatic heterocycles. The van der Waals surface area contributed by atoms with Crippen LogP contribution in [0.1, 0.15) is 22.9 Å². The van der Waals surface area contributed by atoms with Gasteiger partial charge in [0, 0.05) is 23.8 Å². The van der Waals surface area contributed by atoms with Crippen LogP contribution in [0.2, 0.25) is 0 Å². The number of anilines is 1. The van der Waals surface area contributed by atoms with E-state index in [-0.39, 0.29) is 22.8 Å². The molecule has 3 aromatic rings. The zero-order chi connectivity index (χ0) is 21.4. The van der Waals surface area contributed by atoms with Crippen LogP contribution in [-0.4, -0.2) is 26.9 Å². The highest BCUT2D eigenvalue weighted by atomic mass is 16.6. The van der Waals surface area contributed by atoms with E-state index in [9.17, 15) is 24.8 Å². The smallest absolute Gasteiger partial charge is 0.301 e. The molecule has 1 fully saturated rings. The molecule has 0 aliphatic carbocycles. The summed E-state index contributed by atoms with van der Waals surface area (Å²) >= 11 is 0. The molecule has 2 heterocycles. The first-order chi connectivity index (χ1) is 14.4. The van der Waals surface area contributed by atoms with Gasteiger partial charge < -0.3 is 9.63 Å². The van der Waals surface area contributed by atoms with Crippen molar-refractivity contribution in [1.82, 2.24) is 5.16 Å². The summed E-state index contributed by atoms with van der Waals surface area (Å²) in [5, 5.41) is 25.7. The molecule has 1 aliphatic heterocycles. The minimum absolute atomic E-state index is 0.102. The fourth-order valence-electron chi connectivity index (χ4n) is 3.38. The summed E-state index contributed by atoms with van der Waals surface area (Å²) < 4.78 is 5.05. The van der Waals surface area contributed by atoms with Gasteiger partial charge in [0.25, 0.3) is 11.5 Å². The number of aliphatic hydroxyl groups is 1. The average molecular weight is 405 g/mol. The van der Waals surface area contributed by atoms with Crippen molar-refractivity contribution in [3.05, 3.63) is 93.2 Å². The quantitative estimate of drug-likeness (QED) is 0.231. The second-order valence-electron chi connectivity index (χ2n) is 6.68. The first-order valence-electron chi connectivity index (χ1n) is 8.92. The molecule has 0 unspecified atom stereocenters. The van der Waals surface area contributed by atoms with Crippen molar-refractivity contribution >= 4 is 29.0 Å². The van der Waals surface area contributed by atoms with Crippen molar-refractivity contribution in [2.45, 2.75) is 13.0 Å². The van der Waals surface area contributed by atoms with Gasteiger partial charge in [0.1, 0.15) is 11.5 Å². The molecule has 9 nitrogen and oxygen atoms in total. The van der Waals surface area contributed by atoms with Gasteiger partial charge in [-0.15, -0.1) is 0 Å². The Balaban J connectivity index is 1.93. The molecule has 1 atom stereocenters. The van der Waals surface area contributed by atoms with E-state index in [1.54, 1.807) is 37.3 Å². The van der Waals surface area contributed by atoms with Crippen molar-refractivity contribution < 1.29 is 24.1 Å². The van der Waals surface area contributed by atoms with Crippen molar-refractivity contribution in [3.63, 3.8) is 0 Å². The van der Waals surface area contributed by atoms with Crippen LogP contribution in [0.4, 0.5) is 11.5 Å². The summed E-state index contributed by atoms with van der Waals surface area (Å²) in [6, 6.07) is 14.2. The Morgan fingerprint density at radius 1 is 1.13 bits per heavy atom. The van der Waals surface area contributed by atoms with Gasteiger partial charge in [-0.25, -0.2) is 0 Å². The standard InChI is InChI=1S/C21H15N3O6/c1-12-11-16(22-30-12)23-18(13-7-9-15(10-8-13)24(28)29)17(20(26)21(23)27)19(25)14-5-3-2-4-6-14/h2-11,18,25H,1H3/t18-/m1/s1. The Morgan fingerprint density at radius 3 is 2.37 bits per heavy atom. The fraction of sp³-hybridized carbons (Fsp3) is 0.0952. The van der Waals surface area contributed by atoms with E-state index in [2.05, 4.69) is 5.16 Å². The van der Waals surface area contributed by atoms with Crippen LogP contribution in [-0.2, 0) is 9.59 Å². The number of rotatable bonds is 4. The van der Waals surface area contributed by atoms with E-state index < -0.39 is 22.7 Å². The second-order valence-corrected chi connectivity index (χ2v) is 6.68. The molecule has 0 radical (unpaired) electrons. The third kappa shape index (κ3) is 3.12. The molecule has 1 N–H and O–H groups in total. The third-order valence-corrected chi connectivity index (χ3v) is 4.77. The molecule has 9 heteroatoms. The van der Waals surface area contributed by atoms with Crippen LogP contribution >= 0.6 is 0 Å². The van der Waals surface area contributed by atoms with Crippen LogP contribution in [0.5, 0.6) is 0 Å². The Hall–Kier alpha value is -4.27. The molecular formula is C21H15N3O6. The van der Waals surface area contributed by atoms with Gasteiger partial charge in [0.05, 0.1) is 16.5 Å². The van der Waals surface area contributed by atoms with Gasteiger partial charge >= 0.3 is 5.91 Å². The summed E-state index contributed by atoms with van der Waals surface area (Å²) in [4.78, 5) is 37.3. The van der Waals surface area contributed by atoms with Gasteiger partial charge in [-0.2, -0.15) is 0 Å². The molecule has 1 saturated heterocycles. The predicted octanol–water partition coefficient (Wildman–Crippen LogP) is 3.52. The monoisotopic (exact) mass is 405 g/mol. The van der Waals surface area contributed by atoms with Crippen LogP contribution in [0.3, 0.4) is 0 Å². The van der Waals surface area contributed by atoms with Gasteiger partial charge in [0.15, 0.2) is 5.82 Å². The summed E-state index contributed by atoms with van der Waals surface area (Å²) in [7, 11) is 0. The lowest BCUT2D eigenvalue weighted by Crippen LogP contribution is -2.29. The van der Waals surface area contributed by atoms with E-state index in [0.717, 1.165) is 4.90 Å². The number of carbonyl (C=O) groups is 2. The number of hydrogen-bond acceptors (Lipinski definition) is 7. The maximum absolute atomic E-state index is 12.9. The first kappa shape index (κ1) is 19.1. The maximum atomic E-state index is 12.9. The number of carbonyl (C=O) groups excluding carboxylic acids is 2. The van der Waals surface area contributed by atoms with E-state index in [1.807, 2.05) is 0 Å². The van der Waals surface area contributed by atoms with Crippen molar-refractivity contribution in [3.8, 4) is 0 Å². The lowest BCUT2D eigenvalue weighted by atomic mass is 9.95.